The van der Waals surface area contributed by atoms with Crippen molar-refractivity contribution in [3.05, 3.63) is 64.2 Å². The standard InChI is InChI=1S/C15H13ClN2/c16-12-5-4-10-6-7-18-15(14(10)9-12)11-2-1-3-13(17)8-11/h1-5,8-9H,6-7,17H2. The van der Waals surface area contributed by atoms with Gasteiger partial charge in [-0.2, -0.15) is 0 Å². The summed E-state index contributed by atoms with van der Waals surface area (Å²) >= 11 is 6.08. The molecule has 0 saturated heterocycles. The van der Waals surface area contributed by atoms with Crippen molar-refractivity contribution in [2.45, 2.75) is 6.42 Å². The summed E-state index contributed by atoms with van der Waals surface area (Å²) in [5, 5.41) is 0.743. The average molecular weight is 257 g/mol. The van der Waals surface area contributed by atoms with Gasteiger partial charge in [0.25, 0.3) is 0 Å². The quantitative estimate of drug-likeness (QED) is 0.781. The number of hydrogen-bond donors (Lipinski definition) is 1. The van der Waals surface area contributed by atoms with Gasteiger partial charge in [-0.15, -0.1) is 0 Å². The van der Waals surface area contributed by atoms with Gasteiger partial charge in [0.2, 0.25) is 0 Å². The highest BCUT2D eigenvalue weighted by atomic mass is 35.5. The van der Waals surface area contributed by atoms with Crippen LogP contribution in [0.5, 0.6) is 0 Å². The minimum atomic E-state index is 0.743. The molecule has 0 radical (unpaired) electrons. The first kappa shape index (κ1) is 11.3. The Bertz CT molecular complexity index is 632. The summed E-state index contributed by atoms with van der Waals surface area (Å²) in [6, 6.07) is 13.8. The zero-order valence-electron chi connectivity index (χ0n) is 9.86. The van der Waals surface area contributed by atoms with Gasteiger partial charge in [-0.05, 0) is 36.2 Å². The molecule has 18 heavy (non-hydrogen) atoms. The van der Waals surface area contributed by atoms with Crippen LogP contribution >= 0.6 is 11.6 Å². The number of benzene rings is 2. The maximum absolute atomic E-state index is 6.08. The molecule has 0 amide bonds. The first-order valence-electron chi connectivity index (χ1n) is 5.93. The van der Waals surface area contributed by atoms with E-state index in [1.165, 1.54) is 5.56 Å². The number of aliphatic imine (C=N–C) groups is 1. The number of rotatable bonds is 1. The number of hydrogen-bond acceptors (Lipinski definition) is 2. The minimum Gasteiger partial charge on any atom is -0.399 e. The fourth-order valence-corrected chi connectivity index (χ4v) is 2.47. The van der Waals surface area contributed by atoms with Crippen LogP contribution in [0.25, 0.3) is 0 Å². The minimum absolute atomic E-state index is 0.743. The molecule has 1 aliphatic heterocycles. The summed E-state index contributed by atoms with van der Waals surface area (Å²) in [6.07, 6.45) is 0.971. The van der Waals surface area contributed by atoms with Crippen LogP contribution in [0.4, 0.5) is 5.69 Å². The third-order valence-electron chi connectivity index (χ3n) is 3.14. The fourth-order valence-electron chi connectivity index (χ4n) is 2.29. The second-order valence-electron chi connectivity index (χ2n) is 4.41. The van der Waals surface area contributed by atoms with Crippen molar-refractivity contribution in [3.63, 3.8) is 0 Å². The summed E-state index contributed by atoms with van der Waals surface area (Å²) < 4.78 is 0. The van der Waals surface area contributed by atoms with Gasteiger partial charge in [0.05, 0.1) is 5.71 Å². The smallest absolute Gasteiger partial charge is 0.0723 e. The summed E-state index contributed by atoms with van der Waals surface area (Å²) in [4.78, 5) is 4.63. The van der Waals surface area contributed by atoms with Crippen molar-refractivity contribution in [2.24, 2.45) is 4.99 Å². The van der Waals surface area contributed by atoms with E-state index in [0.717, 1.165) is 40.5 Å². The lowest BCUT2D eigenvalue weighted by molar-refractivity contribution is 0.944. The highest BCUT2D eigenvalue weighted by Gasteiger charge is 2.16. The second kappa shape index (κ2) is 4.46. The molecular formula is C15H13ClN2. The Kier molecular flexibility index (Phi) is 2.80. The predicted octanol–water partition coefficient (Wildman–Crippen LogP) is 3.32. The Morgan fingerprint density at radius 3 is 2.83 bits per heavy atom. The first-order chi connectivity index (χ1) is 8.74. The summed E-state index contributed by atoms with van der Waals surface area (Å²) in [5.41, 5.74) is 11.1. The van der Waals surface area contributed by atoms with E-state index in [4.69, 9.17) is 17.3 Å². The van der Waals surface area contributed by atoms with Gasteiger partial charge in [0.1, 0.15) is 0 Å². The van der Waals surface area contributed by atoms with Crippen molar-refractivity contribution >= 4 is 23.0 Å². The van der Waals surface area contributed by atoms with Gasteiger partial charge in [0, 0.05) is 28.4 Å². The lowest BCUT2D eigenvalue weighted by Crippen LogP contribution is -2.14. The number of nitrogens with zero attached hydrogens (tertiary/aromatic N) is 1. The number of halogens is 1. The molecule has 2 N–H and O–H groups in total. The molecule has 0 unspecified atom stereocenters. The second-order valence-corrected chi connectivity index (χ2v) is 4.84. The molecule has 0 saturated carbocycles. The molecular weight excluding hydrogens is 244 g/mol. The van der Waals surface area contributed by atoms with E-state index in [9.17, 15) is 0 Å². The van der Waals surface area contributed by atoms with Crippen molar-refractivity contribution in [1.82, 2.24) is 0 Å². The topological polar surface area (TPSA) is 38.4 Å². The summed E-state index contributed by atoms with van der Waals surface area (Å²) in [5.74, 6) is 0. The van der Waals surface area contributed by atoms with Gasteiger partial charge in [-0.3, -0.25) is 4.99 Å². The van der Waals surface area contributed by atoms with Crippen molar-refractivity contribution in [1.29, 1.82) is 0 Å². The third-order valence-corrected chi connectivity index (χ3v) is 3.37. The maximum Gasteiger partial charge on any atom is 0.0723 e. The van der Waals surface area contributed by atoms with E-state index in [-0.39, 0.29) is 0 Å². The Morgan fingerprint density at radius 1 is 1.11 bits per heavy atom. The number of nitrogen functional groups attached to an aromatic ring is 1. The lowest BCUT2D eigenvalue weighted by Gasteiger charge is -2.17. The van der Waals surface area contributed by atoms with Crippen LogP contribution in [-0.4, -0.2) is 12.3 Å². The zero-order valence-corrected chi connectivity index (χ0v) is 10.6. The molecule has 2 nitrogen and oxygen atoms in total. The molecule has 0 atom stereocenters. The van der Waals surface area contributed by atoms with E-state index in [0.29, 0.717) is 0 Å². The number of fused-ring (bicyclic) bond motifs is 1. The SMILES string of the molecule is Nc1cccc(C2=NCCc3ccc(Cl)cc32)c1. The monoisotopic (exact) mass is 256 g/mol. The lowest BCUT2D eigenvalue weighted by atomic mass is 9.93. The van der Waals surface area contributed by atoms with Crippen molar-refractivity contribution in [3.8, 4) is 0 Å². The van der Waals surface area contributed by atoms with Gasteiger partial charge >= 0.3 is 0 Å². The van der Waals surface area contributed by atoms with Gasteiger partial charge in [-0.25, -0.2) is 0 Å². The van der Waals surface area contributed by atoms with Crippen molar-refractivity contribution in [2.75, 3.05) is 12.3 Å². The highest BCUT2D eigenvalue weighted by molar-refractivity contribution is 6.31. The molecule has 0 spiro atoms. The van der Waals surface area contributed by atoms with E-state index in [1.807, 2.05) is 36.4 Å². The summed E-state index contributed by atoms with van der Waals surface area (Å²) in [7, 11) is 0. The third kappa shape index (κ3) is 2.00. The van der Waals surface area contributed by atoms with E-state index in [2.05, 4.69) is 11.1 Å². The molecule has 0 fully saturated rings. The first-order valence-corrected chi connectivity index (χ1v) is 6.31. The Balaban J connectivity index is 2.14. The number of anilines is 1. The highest BCUT2D eigenvalue weighted by Crippen LogP contribution is 2.24. The average Bonchev–Trinajstić information content (AvgIpc) is 2.38. The van der Waals surface area contributed by atoms with E-state index >= 15 is 0 Å². The van der Waals surface area contributed by atoms with Crippen LogP contribution in [-0.2, 0) is 6.42 Å². The van der Waals surface area contributed by atoms with Crippen LogP contribution < -0.4 is 5.73 Å². The van der Waals surface area contributed by atoms with Crippen molar-refractivity contribution < 1.29 is 0 Å². The molecule has 1 aliphatic rings. The van der Waals surface area contributed by atoms with Crippen LogP contribution in [0.3, 0.4) is 0 Å². The molecule has 0 aliphatic carbocycles. The molecule has 90 valence electrons. The zero-order chi connectivity index (χ0) is 12.5. The van der Waals surface area contributed by atoms with Crippen LogP contribution in [0.2, 0.25) is 5.02 Å². The molecule has 1 heterocycles. The summed E-state index contributed by atoms with van der Waals surface area (Å²) in [6.45, 7) is 0.818. The number of nitrogens with two attached hydrogens (primary N) is 1. The van der Waals surface area contributed by atoms with Gasteiger partial charge < -0.3 is 5.73 Å². The Morgan fingerprint density at radius 2 is 2.00 bits per heavy atom. The normalized spacial score (nSPS) is 13.9. The van der Waals surface area contributed by atoms with Gasteiger partial charge in [-0.1, -0.05) is 29.8 Å². The Hall–Kier alpha value is -1.80. The largest absolute Gasteiger partial charge is 0.399 e. The Labute approximate surface area is 111 Å². The molecule has 3 rings (SSSR count). The molecule has 3 heteroatoms. The molecule has 0 bridgehead atoms. The molecule has 2 aromatic rings. The molecule has 0 aromatic heterocycles. The molecule has 2 aromatic carbocycles. The van der Waals surface area contributed by atoms with E-state index in [1.54, 1.807) is 0 Å². The maximum atomic E-state index is 6.08. The van der Waals surface area contributed by atoms with Crippen LogP contribution in [0.15, 0.2) is 47.5 Å². The van der Waals surface area contributed by atoms with E-state index < -0.39 is 0 Å². The fraction of sp³-hybridized carbons (Fsp3) is 0.133. The van der Waals surface area contributed by atoms with Crippen LogP contribution in [0, 0.1) is 0 Å². The van der Waals surface area contributed by atoms with Gasteiger partial charge in [0.15, 0.2) is 0 Å². The van der Waals surface area contributed by atoms with Crippen LogP contribution in [0.1, 0.15) is 16.7 Å². The predicted molar refractivity (Wildman–Crippen MR) is 76.5 cm³/mol.